The van der Waals surface area contributed by atoms with Gasteiger partial charge in [-0.1, -0.05) is 72.8 Å². The van der Waals surface area contributed by atoms with Gasteiger partial charge in [0.25, 0.3) is 5.91 Å². The third-order valence-electron chi connectivity index (χ3n) is 6.46. The SMILES string of the molecule is O=C(c1ccccc1)N1CC(=O)N2[C@H](CO)[C@H](c3ccc(-c4ccccc4)cc3)[C@@H]2C1. The monoisotopic (exact) mass is 412 g/mol. The number of nitrogens with zero attached hydrogens (tertiary/aromatic N) is 2. The van der Waals surface area contributed by atoms with Crippen molar-refractivity contribution in [1.82, 2.24) is 9.80 Å². The van der Waals surface area contributed by atoms with Gasteiger partial charge in [0.1, 0.15) is 6.54 Å². The summed E-state index contributed by atoms with van der Waals surface area (Å²) < 4.78 is 0. The lowest BCUT2D eigenvalue weighted by Crippen LogP contribution is -2.73. The molecule has 3 aromatic carbocycles. The summed E-state index contributed by atoms with van der Waals surface area (Å²) in [6.45, 7) is 0.446. The lowest BCUT2D eigenvalue weighted by atomic mass is 9.73. The third-order valence-corrected chi connectivity index (χ3v) is 6.46. The van der Waals surface area contributed by atoms with Crippen LogP contribution in [0, 0.1) is 0 Å². The molecule has 2 aliphatic rings. The van der Waals surface area contributed by atoms with Gasteiger partial charge >= 0.3 is 0 Å². The van der Waals surface area contributed by atoms with Crippen LogP contribution < -0.4 is 0 Å². The summed E-state index contributed by atoms with van der Waals surface area (Å²) in [4.78, 5) is 29.1. The second kappa shape index (κ2) is 8.00. The van der Waals surface area contributed by atoms with E-state index in [0.29, 0.717) is 12.1 Å². The van der Waals surface area contributed by atoms with Crippen LogP contribution in [0.25, 0.3) is 11.1 Å². The molecule has 0 bridgehead atoms. The van der Waals surface area contributed by atoms with Gasteiger partial charge in [0.15, 0.2) is 0 Å². The first-order valence-corrected chi connectivity index (χ1v) is 10.6. The number of amides is 2. The third kappa shape index (κ3) is 3.41. The van der Waals surface area contributed by atoms with E-state index < -0.39 is 0 Å². The molecule has 1 N–H and O–H groups in total. The molecule has 5 nitrogen and oxygen atoms in total. The van der Waals surface area contributed by atoms with Crippen LogP contribution in [0.1, 0.15) is 21.8 Å². The molecule has 0 aliphatic carbocycles. The zero-order valence-corrected chi connectivity index (χ0v) is 17.1. The Bertz CT molecular complexity index is 1080. The number of aliphatic hydroxyl groups excluding tert-OH is 1. The Kier molecular flexibility index (Phi) is 5.04. The number of hydrogen-bond acceptors (Lipinski definition) is 3. The van der Waals surface area contributed by atoms with Gasteiger partial charge in [0.2, 0.25) is 5.91 Å². The van der Waals surface area contributed by atoms with Gasteiger partial charge in [-0.2, -0.15) is 0 Å². The smallest absolute Gasteiger partial charge is 0.254 e. The van der Waals surface area contributed by atoms with Crippen LogP contribution in [0.15, 0.2) is 84.9 Å². The molecule has 2 amide bonds. The fourth-order valence-corrected chi connectivity index (χ4v) is 4.95. The normalized spacial score (nSPS) is 22.6. The molecule has 0 spiro atoms. The van der Waals surface area contributed by atoms with Gasteiger partial charge in [0, 0.05) is 18.0 Å². The lowest BCUT2D eigenvalue weighted by Gasteiger charge is -2.58. The summed E-state index contributed by atoms with van der Waals surface area (Å²) in [6, 6.07) is 27.2. The number of piperazine rings is 1. The summed E-state index contributed by atoms with van der Waals surface area (Å²) in [6.07, 6.45) is 0. The number of aliphatic hydroxyl groups is 1. The van der Waals surface area contributed by atoms with Crippen molar-refractivity contribution < 1.29 is 14.7 Å². The van der Waals surface area contributed by atoms with Gasteiger partial charge in [-0.25, -0.2) is 0 Å². The molecule has 0 saturated carbocycles. The van der Waals surface area contributed by atoms with Crippen LogP contribution in [-0.2, 0) is 4.79 Å². The number of carbonyl (C=O) groups is 2. The molecule has 2 aliphatic heterocycles. The second-order valence-electron chi connectivity index (χ2n) is 8.18. The Morgan fingerprint density at radius 1 is 0.871 bits per heavy atom. The van der Waals surface area contributed by atoms with Crippen molar-refractivity contribution in [1.29, 1.82) is 0 Å². The number of benzene rings is 3. The van der Waals surface area contributed by atoms with E-state index in [0.717, 1.165) is 16.7 Å². The average molecular weight is 412 g/mol. The van der Waals surface area contributed by atoms with Crippen molar-refractivity contribution in [3.05, 3.63) is 96.1 Å². The van der Waals surface area contributed by atoms with Crippen molar-refractivity contribution in [2.45, 2.75) is 18.0 Å². The Morgan fingerprint density at radius 2 is 1.48 bits per heavy atom. The highest BCUT2D eigenvalue weighted by atomic mass is 16.3. The number of rotatable bonds is 4. The first kappa shape index (κ1) is 19.5. The minimum Gasteiger partial charge on any atom is -0.394 e. The first-order valence-electron chi connectivity index (χ1n) is 10.6. The van der Waals surface area contributed by atoms with Crippen LogP contribution in [0.2, 0.25) is 0 Å². The fourth-order valence-electron chi connectivity index (χ4n) is 4.95. The topological polar surface area (TPSA) is 60.9 Å². The molecule has 3 atom stereocenters. The Balaban J connectivity index is 1.39. The maximum absolute atomic E-state index is 12.9. The van der Waals surface area contributed by atoms with E-state index in [2.05, 4.69) is 36.4 Å². The molecule has 0 radical (unpaired) electrons. The zero-order chi connectivity index (χ0) is 21.4. The molecule has 2 saturated heterocycles. The summed E-state index contributed by atoms with van der Waals surface area (Å²) in [7, 11) is 0. The van der Waals surface area contributed by atoms with Crippen molar-refractivity contribution in [3.63, 3.8) is 0 Å². The predicted molar refractivity (Wildman–Crippen MR) is 118 cm³/mol. The molecule has 2 fully saturated rings. The van der Waals surface area contributed by atoms with Gasteiger partial charge < -0.3 is 14.9 Å². The molecule has 31 heavy (non-hydrogen) atoms. The number of carbonyl (C=O) groups excluding carboxylic acids is 2. The van der Waals surface area contributed by atoms with E-state index in [-0.39, 0.29) is 43.0 Å². The van der Waals surface area contributed by atoms with E-state index in [1.807, 2.05) is 36.4 Å². The maximum Gasteiger partial charge on any atom is 0.254 e. The van der Waals surface area contributed by atoms with Crippen LogP contribution in [0.5, 0.6) is 0 Å². The molecule has 0 aromatic heterocycles. The summed E-state index contributed by atoms with van der Waals surface area (Å²) in [5.41, 5.74) is 3.95. The maximum atomic E-state index is 12.9. The van der Waals surface area contributed by atoms with Gasteiger partial charge in [-0.15, -0.1) is 0 Å². The first-order chi connectivity index (χ1) is 15.2. The Hall–Kier alpha value is -3.44. The molecule has 3 aromatic rings. The predicted octanol–water partition coefficient (Wildman–Crippen LogP) is 3.16. The highest BCUT2D eigenvalue weighted by Gasteiger charge is 2.54. The van der Waals surface area contributed by atoms with Crippen molar-refractivity contribution in [3.8, 4) is 11.1 Å². The molecular formula is C26H24N2O3. The molecule has 0 unspecified atom stereocenters. The van der Waals surface area contributed by atoms with Crippen molar-refractivity contribution >= 4 is 11.8 Å². The van der Waals surface area contributed by atoms with Crippen molar-refractivity contribution in [2.24, 2.45) is 0 Å². The fraction of sp³-hybridized carbons (Fsp3) is 0.231. The molecule has 156 valence electrons. The highest BCUT2D eigenvalue weighted by molar-refractivity contribution is 5.97. The minimum atomic E-state index is -0.242. The van der Waals surface area contributed by atoms with Crippen LogP contribution in [0.4, 0.5) is 0 Å². The standard InChI is InChI=1S/C26H24N2O3/c29-17-23-25(20-13-11-19(12-14-20)18-7-3-1-4-8-18)22-15-27(16-24(30)28(22)23)26(31)21-9-5-2-6-10-21/h1-14,22-23,25,29H,15-17H2/t22-,23+,25+/m0/s1. The van der Waals surface area contributed by atoms with Gasteiger partial charge in [-0.3, -0.25) is 9.59 Å². The van der Waals surface area contributed by atoms with Crippen LogP contribution in [0.3, 0.4) is 0 Å². The largest absolute Gasteiger partial charge is 0.394 e. The van der Waals surface area contributed by atoms with Gasteiger partial charge in [0.05, 0.1) is 18.7 Å². The summed E-state index contributed by atoms with van der Waals surface area (Å²) >= 11 is 0. The molecule has 5 heteroatoms. The van der Waals surface area contributed by atoms with Crippen LogP contribution >= 0.6 is 0 Å². The second-order valence-corrected chi connectivity index (χ2v) is 8.18. The van der Waals surface area contributed by atoms with E-state index in [4.69, 9.17) is 0 Å². The van der Waals surface area contributed by atoms with E-state index in [1.54, 1.807) is 21.9 Å². The minimum absolute atomic E-state index is 0.00477. The molecule has 2 heterocycles. The quantitative estimate of drug-likeness (QED) is 0.716. The number of fused-ring (bicyclic) bond motifs is 1. The zero-order valence-electron chi connectivity index (χ0n) is 17.1. The molecular weight excluding hydrogens is 388 g/mol. The van der Waals surface area contributed by atoms with Crippen LogP contribution in [-0.4, -0.2) is 58.5 Å². The Morgan fingerprint density at radius 3 is 2.13 bits per heavy atom. The highest BCUT2D eigenvalue weighted by Crippen LogP contribution is 2.43. The summed E-state index contributed by atoms with van der Waals surface area (Å²) in [5.74, 6) is -0.221. The average Bonchev–Trinajstić information content (AvgIpc) is 2.81. The van der Waals surface area contributed by atoms with E-state index >= 15 is 0 Å². The van der Waals surface area contributed by atoms with E-state index in [1.165, 1.54) is 0 Å². The summed E-state index contributed by atoms with van der Waals surface area (Å²) in [5, 5.41) is 9.99. The number of hydrogen-bond donors (Lipinski definition) is 1. The Labute approximate surface area is 181 Å². The van der Waals surface area contributed by atoms with Crippen molar-refractivity contribution in [2.75, 3.05) is 19.7 Å². The van der Waals surface area contributed by atoms with Gasteiger partial charge in [-0.05, 0) is 28.8 Å². The van der Waals surface area contributed by atoms with E-state index in [9.17, 15) is 14.7 Å². The molecule has 5 rings (SSSR count). The lowest BCUT2D eigenvalue weighted by molar-refractivity contribution is -0.159.